The number of anilines is 1. The summed E-state index contributed by atoms with van der Waals surface area (Å²) < 4.78 is 0. The Morgan fingerprint density at radius 1 is 1.00 bits per heavy atom. The van der Waals surface area contributed by atoms with Crippen LogP contribution in [0.1, 0.15) is 39.9 Å². The zero-order valence-corrected chi connectivity index (χ0v) is 14.5. The molecule has 0 unspecified atom stereocenters. The summed E-state index contributed by atoms with van der Waals surface area (Å²) in [6.45, 7) is 1.33. The Hall–Kier alpha value is -2.95. The minimum absolute atomic E-state index is 0.0193. The monoisotopic (exact) mass is 348 g/mol. The average molecular weight is 348 g/mol. The molecular weight excluding hydrogens is 328 g/mol. The number of carbonyl (C=O) groups excluding carboxylic acids is 3. The summed E-state index contributed by atoms with van der Waals surface area (Å²) in [7, 11) is 0. The maximum atomic E-state index is 12.5. The summed E-state index contributed by atoms with van der Waals surface area (Å²) >= 11 is 0. The molecule has 0 atom stereocenters. The number of fused-ring (bicyclic) bond motifs is 2. The number of ketones is 1. The molecular formula is C21H20N2O3. The number of rotatable bonds is 4. The molecule has 2 amide bonds. The first kappa shape index (κ1) is 16.5. The Kier molecular flexibility index (Phi) is 4.29. The second kappa shape index (κ2) is 6.75. The van der Waals surface area contributed by atoms with Crippen molar-refractivity contribution in [3.8, 4) is 0 Å². The predicted molar refractivity (Wildman–Crippen MR) is 97.9 cm³/mol. The molecule has 0 bridgehead atoms. The Bertz CT molecular complexity index is 904. The van der Waals surface area contributed by atoms with Gasteiger partial charge in [0.05, 0.1) is 6.42 Å². The smallest absolute Gasteiger partial charge is 0.228 e. The average Bonchev–Trinajstić information content (AvgIpc) is 3.04. The third kappa shape index (κ3) is 3.25. The minimum Gasteiger partial charge on any atom is -0.338 e. The number of carbonyl (C=O) groups is 3. The topological polar surface area (TPSA) is 66.5 Å². The quantitative estimate of drug-likeness (QED) is 0.864. The van der Waals surface area contributed by atoms with E-state index in [1.165, 1.54) is 11.1 Å². The highest BCUT2D eigenvalue weighted by Crippen LogP contribution is 2.25. The van der Waals surface area contributed by atoms with Crippen LogP contribution < -0.4 is 5.32 Å². The largest absolute Gasteiger partial charge is 0.338 e. The molecule has 5 heteroatoms. The second-order valence-corrected chi connectivity index (χ2v) is 6.85. The van der Waals surface area contributed by atoms with Gasteiger partial charge in [0, 0.05) is 37.2 Å². The molecule has 4 rings (SSSR count). The van der Waals surface area contributed by atoms with E-state index in [1.807, 2.05) is 17.0 Å². The molecule has 2 aliphatic heterocycles. The Labute approximate surface area is 152 Å². The summed E-state index contributed by atoms with van der Waals surface area (Å²) in [5.74, 6) is -0.0890. The van der Waals surface area contributed by atoms with Crippen molar-refractivity contribution in [1.82, 2.24) is 4.90 Å². The lowest BCUT2D eigenvalue weighted by molar-refractivity contribution is -0.132. The van der Waals surface area contributed by atoms with E-state index in [1.54, 1.807) is 18.2 Å². The Morgan fingerprint density at radius 2 is 1.81 bits per heavy atom. The van der Waals surface area contributed by atoms with Gasteiger partial charge < -0.3 is 10.2 Å². The molecule has 26 heavy (non-hydrogen) atoms. The van der Waals surface area contributed by atoms with E-state index in [0.29, 0.717) is 25.1 Å². The molecule has 0 fully saturated rings. The van der Waals surface area contributed by atoms with E-state index in [9.17, 15) is 14.4 Å². The molecule has 2 aromatic carbocycles. The lowest BCUT2D eigenvalue weighted by Crippen LogP contribution is -2.36. The van der Waals surface area contributed by atoms with Crippen LogP contribution in [-0.4, -0.2) is 29.0 Å². The molecule has 0 saturated heterocycles. The summed E-state index contributed by atoms with van der Waals surface area (Å²) in [5.41, 5.74) is 4.68. The van der Waals surface area contributed by atoms with Gasteiger partial charge in [-0.1, -0.05) is 24.3 Å². The van der Waals surface area contributed by atoms with Gasteiger partial charge in [-0.2, -0.15) is 0 Å². The minimum atomic E-state index is -0.0575. The van der Waals surface area contributed by atoms with E-state index in [4.69, 9.17) is 0 Å². The number of nitrogens with zero attached hydrogens (tertiary/aromatic N) is 1. The number of benzene rings is 2. The van der Waals surface area contributed by atoms with Crippen LogP contribution in [0.15, 0.2) is 42.5 Å². The SMILES string of the molecule is O=C1Cc2cc(C(=O)CCC(=O)N3CCc4ccccc4C3)ccc2N1. The first-order valence-corrected chi connectivity index (χ1v) is 8.91. The molecule has 2 heterocycles. The highest BCUT2D eigenvalue weighted by Gasteiger charge is 2.22. The summed E-state index contributed by atoms with van der Waals surface area (Å²) in [6.07, 6.45) is 1.58. The fraction of sp³-hybridized carbons (Fsp3) is 0.286. The number of amides is 2. The van der Waals surface area contributed by atoms with Crippen molar-refractivity contribution >= 4 is 23.3 Å². The molecule has 2 aromatic rings. The first-order valence-electron chi connectivity index (χ1n) is 8.91. The van der Waals surface area contributed by atoms with Gasteiger partial charge in [-0.05, 0) is 41.3 Å². The summed E-state index contributed by atoms with van der Waals surface area (Å²) in [4.78, 5) is 38.2. The van der Waals surface area contributed by atoms with E-state index < -0.39 is 0 Å². The van der Waals surface area contributed by atoms with Gasteiger partial charge in [-0.25, -0.2) is 0 Å². The summed E-state index contributed by atoms with van der Waals surface area (Å²) in [5, 5.41) is 2.75. The van der Waals surface area contributed by atoms with E-state index in [0.717, 1.165) is 17.7 Å². The molecule has 0 radical (unpaired) electrons. The third-order valence-electron chi connectivity index (χ3n) is 5.10. The first-order chi connectivity index (χ1) is 12.6. The predicted octanol–water partition coefficient (Wildman–Crippen LogP) is 2.73. The maximum absolute atomic E-state index is 12.5. The van der Waals surface area contributed by atoms with Crippen molar-refractivity contribution in [3.05, 3.63) is 64.7 Å². The number of nitrogens with one attached hydrogen (secondary N) is 1. The van der Waals surface area contributed by atoms with Crippen LogP contribution >= 0.6 is 0 Å². The Morgan fingerprint density at radius 3 is 2.65 bits per heavy atom. The van der Waals surface area contributed by atoms with Gasteiger partial charge in [-0.15, -0.1) is 0 Å². The van der Waals surface area contributed by atoms with Gasteiger partial charge in [0.1, 0.15) is 0 Å². The lowest BCUT2D eigenvalue weighted by atomic mass is 9.99. The van der Waals surface area contributed by atoms with Gasteiger partial charge in [0.2, 0.25) is 11.8 Å². The zero-order chi connectivity index (χ0) is 18.1. The third-order valence-corrected chi connectivity index (χ3v) is 5.10. The van der Waals surface area contributed by atoms with Crippen LogP contribution in [-0.2, 0) is 29.0 Å². The van der Waals surface area contributed by atoms with Gasteiger partial charge in [0.15, 0.2) is 5.78 Å². The zero-order valence-electron chi connectivity index (χ0n) is 14.5. The molecule has 0 spiro atoms. The standard InChI is InChI=1S/C21H20N2O3/c24-19(15-5-6-18-17(11-15)12-20(25)22-18)7-8-21(26)23-10-9-14-3-1-2-4-16(14)13-23/h1-6,11H,7-10,12-13H2,(H,22,25). The van der Waals surface area contributed by atoms with Crippen molar-refractivity contribution < 1.29 is 14.4 Å². The molecule has 1 N–H and O–H groups in total. The van der Waals surface area contributed by atoms with Crippen LogP contribution in [0.2, 0.25) is 0 Å². The summed E-state index contributed by atoms with van der Waals surface area (Å²) in [6, 6.07) is 13.4. The Balaban J connectivity index is 1.36. The van der Waals surface area contributed by atoms with Crippen molar-refractivity contribution in [2.75, 3.05) is 11.9 Å². The molecule has 5 nitrogen and oxygen atoms in total. The van der Waals surface area contributed by atoms with Gasteiger partial charge in [-0.3, -0.25) is 14.4 Å². The number of hydrogen-bond acceptors (Lipinski definition) is 3. The molecule has 0 aromatic heterocycles. The lowest BCUT2D eigenvalue weighted by Gasteiger charge is -2.28. The molecule has 0 aliphatic carbocycles. The normalized spacial score (nSPS) is 15.2. The van der Waals surface area contributed by atoms with Crippen LogP contribution in [0.5, 0.6) is 0 Å². The van der Waals surface area contributed by atoms with Crippen molar-refractivity contribution in [3.63, 3.8) is 0 Å². The van der Waals surface area contributed by atoms with Gasteiger partial charge in [0.25, 0.3) is 0 Å². The van der Waals surface area contributed by atoms with E-state index >= 15 is 0 Å². The van der Waals surface area contributed by atoms with Crippen LogP contribution in [0.4, 0.5) is 5.69 Å². The number of hydrogen-bond donors (Lipinski definition) is 1. The highest BCUT2D eigenvalue weighted by molar-refractivity contribution is 6.02. The molecule has 0 saturated carbocycles. The second-order valence-electron chi connectivity index (χ2n) is 6.85. The fourth-order valence-corrected chi connectivity index (χ4v) is 3.63. The molecule has 2 aliphatic rings. The highest BCUT2D eigenvalue weighted by atomic mass is 16.2. The van der Waals surface area contributed by atoms with Crippen LogP contribution in [0.25, 0.3) is 0 Å². The van der Waals surface area contributed by atoms with Crippen molar-refractivity contribution in [1.29, 1.82) is 0 Å². The van der Waals surface area contributed by atoms with Crippen LogP contribution in [0.3, 0.4) is 0 Å². The van der Waals surface area contributed by atoms with Crippen molar-refractivity contribution in [2.24, 2.45) is 0 Å². The molecule has 132 valence electrons. The maximum Gasteiger partial charge on any atom is 0.228 e. The van der Waals surface area contributed by atoms with Crippen LogP contribution in [0, 0.1) is 0 Å². The van der Waals surface area contributed by atoms with E-state index in [-0.39, 0.29) is 30.4 Å². The fourth-order valence-electron chi connectivity index (χ4n) is 3.63. The van der Waals surface area contributed by atoms with Gasteiger partial charge >= 0.3 is 0 Å². The number of Topliss-reactive ketones (excluding diaryl/α,β-unsaturated/α-hetero) is 1. The van der Waals surface area contributed by atoms with E-state index in [2.05, 4.69) is 17.4 Å². The van der Waals surface area contributed by atoms with Crippen molar-refractivity contribution in [2.45, 2.75) is 32.2 Å².